The molecule has 0 saturated carbocycles. The Morgan fingerprint density at radius 3 is 2.95 bits per heavy atom. The number of hydrogen-bond acceptors (Lipinski definition) is 3. The minimum Gasteiger partial charge on any atom is -0.496 e. The molecule has 1 atom stereocenters. The summed E-state index contributed by atoms with van der Waals surface area (Å²) >= 11 is 0. The van der Waals surface area contributed by atoms with Gasteiger partial charge in [0.05, 0.1) is 19.8 Å². The van der Waals surface area contributed by atoms with Crippen LogP contribution in [0.15, 0.2) is 30.0 Å². The van der Waals surface area contributed by atoms with Crippen LogP contribution >= 0.6 is 0 Å². The summed E-state index contributed by atoms with van der Waals surface area (Å²) in [5.74, 6) is 0.832. The fourth-order valence-corrected chi connectivity index (χ4v) is 2.22. The lowest BCUT2D eigenvalue weighted by atomic mass is 10.0. The predicted molar refractivity (Wildman–Crippen MR) is 72.6 cm³/mol. The average molecular weight is 265 g/mol. The lowest BCUT2D eigenvalue weighted by molar-refractivity contribution is 0.168. The number of halogens is 1. The standard InChI is InChI=1S/C15H20FNO2/c1-3-17-15(13-6-4-5-9-19-13)11-7-8-12(16)14(10-11)18-2/h6-8,10,15,17H,3-5,9H2,1-2H3. The summed E-state index contributed by atoms with van der Waals surface area (Å²) in [4.78, 5) is 0. The van der Waals surface area contributed by atoms with Gasteiger partial charge in [-0.3, -0.25) is 0 Å². The molecule has 104 valence electrons. The molecule has 1 N–H and O–H groups in total. The van der Waals surface area contributed by atoms with Crippen molar-refractivity contribution in [3.63, 3.8) is 0 Å². The quantitative estimate of drug-likeness (QED) is 0.887. The Balaban J connectivity index is 2.30. The molecule has 0 aliphatic carbocycles. The minimum absolute atomic E-state index is 0.0419. The Labute approximate surface area is 113 Å². The van der Waals surface area contributed by atoms with Crippen molar-refractivity contribution in [2.24, 2.45) is 0 Å². The maximum atomic E-state index is 13.5. The highest BCUT2D eigenvalue weighted by Crippen LogP contribution is 2.29. The van der Waals surface area contributed by atoms with Gasteiger partial charge >= 0.3 is 0 Å². The van der Waals surface area contributed by atoms with Crippen molar-refractivity contribution in [1.29, 1.82) is 0 Å². The SMILES string of the molecule is CCNC(C1=CCCCO1)c1ccc(F)c(OC)c1. The van der Waals surface area contributed by atoms with Crippen LogP contribution in [0.3, 0.4) is 0 Å². The van der Waals surface area contributed by atoms with E-state index in [-0.39, 0.29) is 17.6 Å². The number of benzene rings is 1. The van der Waals surface area contributed by atoms with Crippen LogP contribution in [0.1, 0.15) is 31.4 Å². The van der Waals surface area contributed by atoms with E-state index in [4.69, 9.17) is 9.47 Å². The highest BCUT2D eigenvalue weighted by Gasteiger charge is 2.20. The van der Waals surface area contributed by atoms with Gasteiger partial charge in [0.2, 0.25) is 0 Å². The van der Waals surface area contributed by atoms with Gasteiger partial charge in [-0.2, -0.15) is 0 Å². The first kappa shape index (κ1) is 13.9. The van der Waals surface area contributed by atoms with E-state index in [2.05, 4.69) is 11.4 Å². The van der Waals surface area contributed by atoms with E-state index >= 15 is 0 Å². The van der Waals surface area contributed by atoms with Crippen LogP contribution in [-0.2, 0) is 4.74 Å². The normalized spacial score (nSPS) is 16.5. The summed E-state index contributed by atoms with van der Waals surface area (Å²) in [6.45, 7) is 3.59. The van der Waals surface area contributed by atoms with Crippen molar-refractivity contribution in [3.8, 4) is 5.75 Å². The number of ether oxygens (including phenoxy) is 2. The number of nitrogens with one attached hydrogen (secondary N) is 1. The number of likely N-dealkylation sites (N-methyl/N-ethyl adjacent to an activating group) is 1. The van der Waals surface area contributed by atoms with Gasteiger partial charge in [-0.1, -0.05) is 13.0 Å². The first-order valence-corrected chi connectivity index (χ1v) is 6.66. The van der Waals surface area contributed by atoms with Crippen LogP contribution in [0.2, 0.25) is 0 Å². The zero-order valence-electron chi connectivity index (χ0n) is 11.4. The summed E-state index contributed by atoms with van der Waals surface area (Å²) in [6, 6.07) is 4.88. The number of methoxy groups -OCH3 is 1. The Morgan fingerprint density at radius 1 is 1.47 bits per heavy atom. The summed E-state index contributed by atoms with van der Waals surface area (Å²) < 4.78 is 24.2. The molecule has 0 spiro atoms. The molecule has 1 aliphatic heterocycles. The summed E-state index contributed by atoms with van der Waals surface area (Å²) in [6.07, 6.45) is 4.18. The minimum atomic E-state index is -0.347. The van der Waals surface area contributed by atoms with Crippen molar-refractivity contribution in [3.05, 3.63) is 41.4 Å². The molecule has 1 aromatic carbocycles. The second kappa shape index (κ2) is 6.57. The Hall–Kier alpha value is -1.55. The van der Waals surface area contributed by atoms with Gasteiger partial charge < -0.3 is 14.8 Å². The molecule has 2 rings (SSSR count). The number of rotatable bonds is 5. The second-order valence-corrected chi connectivity index (χ2v) is 4.48. The third-order valence-electron chi connectivity index (χ3n) is 3.16. The molecular formula is C15H20FNO2. The van der Waals surface area contributed by atoms with E-state index in [1.165, 1.54) is 13.2 Å². The largest absolute Gasteiger partial charge is 0.496 e. The zero-order valence-corrected chi connectivity index (χ0v) is 11.4. The smallest absolute Gasteiger partial charge is 0.165 e. The van der Waals surface area contributed by atoms with Crippen molar-refractivity contribution in [1.82, 2.24) is 5.32 Å². The van der Waals surface area contributed by atoms with Gasteiger partial charge in [0.1, 0.15) is 5.76 Å². The molecule has 1 heterocycles. The third kappa shape index (κ3) is 3.26. The first-order valence-electron chi connectivity index (χ1n) is 6.66. The van der Waals surface area contributed by atoms with Crippen molar-refractivity contribution in [2.75, 3.05) is 20.3 Å². The van der Waals surface area contributed by atoms with E-state index < -0.39 is 0 Å². The highest BCUT2D eigenvalue weighted by atomic mass is 19.1. The molecular weight excluding hydrogens is 245 g/mol. The van der Waals surface area contributed by atoms with Crippen LogP contribution in [0, 0.1) is 5.82 Å². The Kier molecular flexibility index (Phi) is 4.80. The van der Waals surface area contributed by atoms with Gasteiger partial charge in [0, 0.05) is 0 Å². The van der Waals surface area contributed by atoms with E-state index in [9.17, 15) is 4.39 Å². The molecule has 0 amide bonds. The molecule has 0 fully saturated rings. The average Bonchev–Trinajstić information content (AvgIpc) is 2.46. The fraction of sp³-hybridized carbons (Fsp3) is 0.467. The fourth-order valence-electron chi connectivity index (χ4n) is 2.22. The molecule has 1 aromatic rings. The van der Waals surface area contributed by atoms with Crippen molar-refractivity contribution in [2.45, 2.75) is 25.8 Å². The van der Waals surface area contributed by atoms with Gasteiger partial charge in [0.15, 0.2) is 11.6 Å². The van der Waals surface area contributed by atoms with E-state index in [0.717, 1.165) is 37.3 Å². The third-order valence-corrected chi connectivity index (χ3v) is 3.16. The van der Waals surface area contributed by atoms with Crippen molar-refractivity contribution < 1.29 is 13.9 Å². The second-order valence-electron chi connectivity index (χ2n) is 4.48. The summed E-state index contributed by atoms with van der Waals surface area (Å²) in [5, 5.41) is 3.37. The predicted octanol–water partition coefficient (Wildman–Crippen LogP) is 3.18. The van der Waals surface area contributed by atoms with Gasteiger partial charge in [-0.05, 0) is 43.2 Å². The molecule has 0 bridgehead atoms. The van der Waals surface area contributed by atoms with Gasteiger partial charge in [0.25, 0.3) is 0 Å². The van der Waals surface area contributed by atoms with Crippen LogP contribution < -0.4 is 10.1 Å². The topological polar surface area (TPSA) is 30.5 Å². The number of allylic oxidation sites excluding steroid dienone is 1. The van der Waals surface area contributed by atoms with Crippen LogP contribution in [0.25, 0.3) is 0 Å². The maximum Gasteiger partial charge on any atom is 0.165 e. The molecule has 0 aromatic heterocycles. The highest BCUT2D eigenvalue weighted by molar-refractivity contribution is 5.35. The monoisotopic (exact) mass is 265 g/mol. The van der Waals surface area contributed by atoms with Gasteiger partial charge in [-0.15, -0.1) is 0 Å². The Morgan fingerprint density at radius 2 is 2.32 bits per heavy atom. The summed E-state index contributed by atoms with van der Waals surface area (Å²) in [5.41, 5.74) is 0.952. The van der Waals surface area contributed by atoms with Gasteiger partial charge in [-0.25, -0.2) is 4.39 Å². The molecule has 3 nitrogen and oxygen atoms in total. The Bertz CT molecular complexity index is 459. The molecule has 0 saturated heterocycles. The maximum absolute atomic E-state index is 13.5. The molecule has 1 unspecified atom stereocenters. The first-order chi connectivity index (χ1) is 9.26. The molecule has 19 heavy (non-hydrogen) atoms. The van der Waals surface area contributed by atoms with Crippen LogP contribution in [0.4, 0.5) is 4.39 Å². The van der Waals surface area contributed by atoms with Crippen LogP contribution in [-0.4, -0.2) is 20.3 Å². The lowest BCUT2D eigenvalue weighted by Crippen LogP contribution is -2.25. The van der Waals surface area contributed by atoms with Crippen LogP contribution in [0.5, 0.6) is 5.75 Å². The molecule has 0 radical (unpaired) electrons. The van der Waals surface area contributed by atoms with E-state index in [1.807, 2.05) is 6.92 Å². The van der Waals surface area contributed by atoms with E-state index in [1.54, 1.807) is 12.1 Å². The number of hydrogen-bond donors (Lipinski definition) is 1. The summed E-state index contributed by atoms with van der Waals surface area (Å²) in [7, 11) is 1.47. The lowest BCUT2D eigenvalue weighted by Gasteiger charge is -2.25. The van der Waals surface area contributed by atoms with E-state index in [0.29, 0.717) is 0 Å². The molecule has 4 heteroatoms. The zero-order chi connectivity index (χ0) is 13.7. The van der Waals surface area contributed by atoms with Crippen molar-refractivity contribution >= 4 is 0 Å². The molecule has 1 aliphatic rings.